The zero-order chi connectivity index (χ0) is 25.6. The lowest BCUT2D eigenvalue weighted by Crippen LogP contribution is -2.55. The quantitative estimate of drug-likeness (QED) is 0.520. The minimum Gasteiger partial charge on any atom is -0.494 e. The van der Waals surface area contributed by atoms with E-state index < -0.39 is 23.1 Å². The summed E-state index contributed by atoms with van der Waals surface area (Å²) < 4.78 is 51.3. The molecular formula is C23H28F3N9O. The van der Waals surface area contributed by atoms with Crippen LogP contribution in [-0.2, 0) is 0 Å². The minimum atomic E-state index is -0.998. The zero-order valence-corrected chi connectivity index (χ0v) is 20.5. The highest BCUT2D eigenvalue weighted by Crippen LogP contribution is 2.39. The van der Waals surface area contributed by atoms with E-state index >= 15 is 8.78 Å². The van der Waals surface area contributed by atoms with Crippen molar-refractivity contribution in [3.05, 3.63) is 35.5 Å². The number of rotatable bonds is 6. The maximum atomic E-state index is 15.4. The molecule has 2 aromatic heterocycles. The van der Waals surface area contributed by atoms with Crippen molar-refractivity contribution < 1.29 is 17.9 Å². The van der Waals surface area contributed by atoms with Crippen molar-refractivity contribution >= 4 is 17.5 Å². The maximum absolute atomic E-state index is 15.4. The molecule has 0 radical (unpaired) electrons. The second-order valence-corrected chi connectivity index (χ2v) is 9.84. The number of aryl methyl sites for hydroxylation is 1. The molecule has 2 aliphatic heterocycles. The van der Waals surface area contributed by atoms with Gasteiger partial charge in [0.25, 0.3) is 0 Å². The number of hydrogen-bond acceptors (Lipinski definition) is 9. The van der Waals surface area contributed by atoms with Gasteiger partial charge in [-0.2, -0.15) is 9.67 Å². The molecule has 0 amide bonds. The van der Waals surface area contributed by atoms with E-state index in [1.54, 1.807) is 6.92 Å². The fraction of sp³-hybridized carbons (Fsp3) is 0.522. The summed E-state index contributed by atoms with van der Waals surface area (Å²) in [5, 5.41) is 16.7. The number of aromatic nitrogens is 6. The number of halogens is 3. The molecule has 0 saturated carbocycles. The molecule has 0 aliphatic carbocycles. The normalized spacial score (nSPS) is 21.3. The second-order valence-electron chi connectivity index (χ2n) is 9.84. The summed E-state index contributed by atoms with van der Waals surface area (Å²) in [6, 6.07) is 1.58. The smallest absolute Gasteiger partial charge is 0.229 e. The average Bonchev–Trinajstić information content (AvgIpc) is 3.48. The van der Waals surface area contributed by atoms with Gasteiger partial charge in [0.15, 0.2) is 34.8 Å². The van der Waals surface area contributed by atoms with Crippen LogP contribution in [-0.4, -0.2) is 66.4 Å². The van der Waals surface area contributed by atoms with Crippen LogP contribution < -0.4 is 15.4 Å². The van der Waals surface area contributed by atoms with E-state index in [1.165, 1.54) is 7.11 Å². The van der Waals surface area contributed by atoms with Gasteiger partial charge in [-0.15, -0.1) is 5.10 Å². The molecule has 4 heterocycles. The number of nitrogens with zero attached hydrogens (tertiary/aromatic N) is 7. The van der Waals surface area contributed by atoms with E-state index in [0.29, 0.717) is 6.04 Å². The molecule has 3 aromatic rings. The van der Waals surface area contributed by atoms with Crippen LogP contribution in [0.1, 0.15) is 45.4 Å². The predicted molar refractivity (Wildman–Crippen MR) is 126 cm³/mol. The maximum Gasteiger partial charge on any atom is 0.229 e. The van der Waals surface area contributed by atoms with Crippen molar-refractivity contribution in [1.29, 1.82) is 0 Å². The van der Waals surface area contributed by atoms with E-state index in [1.807, 2.05) is 0 Å². The summed E-state index contributed by atoms with van der Waals surface area (Å²) in [4.78, 5) is 10.6. The number of piperidine rings is 1. The number of tetrazole rings is 1. The topological polar surface area (TPSA) is 106 Å². The Labute approximate surface area is 206 Å². The molecule has 10 nitrogen and oxygen atoms in total. The van der Waals surface area contributed by atoms with Gasteiger partial charge in [0, 0.05) is 23.7 Å². The molecule has 2 aliphatic rings. The Morgan fingerprint density at radius 2 is 2.00 bits per heavy atom. The summed E-state index contributed by atoms with van der Waals surface area (Å²) in [6.45, 7) is 7.03. The number of benzene rings is 1. The molecule has 5 rings (SSSR count). The molecule has 13 heteroatoms. The van der Waals surface area contributed by atoms with E-state index in [2.05, 4.69) is 54.9 Å². The number of nitrogens with one attached hydrogen (secondary N) is 2. The molecule has 1 aromatic carbocycles. The van der Waals surface area contributed by atoms with Crippen LogP contribution in [0.3, 0.4) is 0 Å². The number of ether oxygens (including phenoxy) is 1. The van der Waals surface area contributed by atoms with Gasteiger partial charge in [-0.1, -0.05) is 0 Å². The van der Waals surface area contributed by atoms with E-state index in [9.17, 15) is 4.39 Å². The second kappa shape index (κ2) is 9.19. The van der Waals surface area contributed by atoms with Gasteiger partial charge >= 0.3 is 0 Å². The van der Waals surface area contributed by atoms with Gasteiger partial charge in [0.2, 0.25) is 5.95 Å². The Morgan fingerprint density at radius 1 is 1.19 bits per heavy atom. The first-order valence-electron chi connectivity index (χ1n) is 11.8. The van der Waals surface area contributed by atoms with Gasteiger partial charge in [0.05, 0.1) is 13.3 Å². The summed E-state index contributed by atoms with van der Waals surface area (Å²) in [5.74, 6) is -2.79. The van der Waals surface area contributed by atoms with E-state index in [0.717, 1.165) is 49.2 Å². The largest absolute Gasteiger partial charge is 0.494 e. The Morgan fingerprint density at radius 3 is 2.72 bits per heavy atom. The Bertz CT molecular complexity index is 1280. The highest BCUT2D eigenvalue weighted by atomic mass is 19.1. The summed E-state index contributed by atoms with van der Waals surface area (Å²) in [5.41, 5.74) is -0.735. The zero-order valence-electron chi connectivity index (χ0n) is 20.5. The number of anilines is 3. The number of fused-ring (bicyclic) bond motifs is 1. The minimum absolute atomic E-state index is 0.00344. The monoisotopic (exact) mass is 503 g/mol. The van der Waals surface area contributed by atoms with Crippen LogP contribution in [0, 0.1) is 24.4 Å². The fourth-order valence-corrected chi connectivity index (χ4v) is 5.42. The van der Waals surface area contributed by atoms with E-state index in [4.69, 9.17) is 4.74 Å². The molecule has 0 bridgehead atoms. The Hall–Kier alpha value is -3.48. The van der Waals surface area contributed by atoms with Crippen LogP contribution in [0.2, 0.25) is 0 Å². The first-order chi connectivity index (χ1) is 17.2. The van der Waals surface area contributed by atoms with Crippen molar-refractivity contribution in [3.63, 3.8) is 0 Å². The third-order valence-corrected chi connectivity index (χ3v) is 7.00. The average molecular weight is 504 g/mol. The Kier molecular flexibility index (Phi) is 6.18. The molecule has 2 N–H and O–H groups in total. The van der Waals surface area contributed by atoms with Crippen molar-refractivity contribution in [3.8, 4) is 11.4 Å². The molecule has 0 unspecified atom stereocenters. The molecule has 0 spiro atoms. The molecule has 192 valence electrons. The SMILES string of the molecule is COc1cc(-n2nnnc2C)c(F)c(Nc2ncc(F)c(N[C@@H]3C[C@@H]4CCCN4C(C)(C)C3)n2)c1F. The first kappa shape index (κ1) is 24.2. The third-order valence-electron chi connectivity index (χ3n) is 7.00. The van der Waals surface area contributed by atoms with Crippen molar-refractivity contribution in [2.24, 2.45) is 0 Å². The lowest BCUT2D eigenvalue weighted by molar-refractivity contribution is 0.0500. The van der Waals surface area contributed by atoms with Gasteiger partial charge in [-0.3, -0.25) is 4.90 Å². The standard InChI is InChI=1S/C23H28F3N9O/c1-12-31-32-33-35(12)16-9-17(36-4)19(26)20(18(16)25)29-22-27-11-15(24)21(30-22)28-13-8-14-6-5-7-34(14)23(2,3)10-13/h9,11,13-14H,5-8,10H2,1-4H3,(H2,27,28,29,30)/t13-,14+/m1/s1. The molecule has 2 atom stereocenters. The predicted octanol–water partition coefficient (Wildman–Crippen LogP) is 3.75. The fourth-order valence-electron chi connectivity index (χ4n) is 5.42. The van der Waals surface area contributed by atoms with Crippen molar-refractivity contribution in [2.45, 2.75) is 64.1 Å². The number of hydrogen-bond donors (Lipinski definition) is 2. The van der Waals surface area contributed by atoms with Crippen LogP contribution in [0.5, 0.6) is 5.75 Å². The Balaban J connectivity index is 1.44. The summed E-state index contributed by atoms with van der Waals surface area (Å²) in [7, 11) is 1.25. The van der Waals surface area contributed by atoms with Gasteiger partial charge < -0.3 is 15.4 Å². The molecule has 2 saturated heterocycles. The van der Waals surface area contributed by atoms with Crippen LogP contribution >= 0.6 is 0 Å². The molecule has 2 fully saturated rings. The lowest BCUT2D eigenvalue weighted by atomic mass is 9.84. The highest BCUT2D eigenvalue weighted by molar-refractivity contribution is 5.64. The highest BCUT2D eigenvalue weighted by Gasteiger charge is 2.43. The van der Waals surface area contributed by atoms with Crippen LogP contribution in [0.25, 0.3) is 5.69 Å². The third kappa shape index (κ3) is 4.31. The van der Waals surface area contributed by atoms with Gasteiger partial charge in [-0.25, -0.2) is 18.2 Å². The van der Waals surface area contributed by atoms with Crippen molar-refractivity contribution in [1.82, 2.24) is 35.1 Å². The summed E-state index contributed by atoms with van der Waals surface area (Å²) >= 11 is 0. The van der Waals surface area contributed by atoms with Crippen molar-refractivity contribution in [2.75, 3.05) is 24.3 Å². The molecular weight excluding hydrogens is 475 g/mol. The van der Waals surface area contributed by atoms with E-state index in [-0.39, 0.29) is 40.6 Å². The van der Waals surface area contributed by atoms with Gasteiger partial charge in [0.1, 0.15) is 11.4 Å². The first-order valence-corrected chi connectivity index (χ1v) is 11.8. The lowest BCUT2D eigenvalue weighted by Gasteiger charge is -2.47. The van der Waals surface area contributed by atoms with Crippen LogP contribution in [0.4, 0.5) is 30.6 Å². The van der Waals surface area contributed by atoms with Gasteiger partial charge in [-0.05, 0) is 63.4 Å². The number of methoxy groups -OCH3 is 1. The molecule has 36 heavy (non-hydrogen) atoms. The van der Waals surface area contributed by atoms with Crippen LogP contribution in [0.15, 0.2) is 12.3 Å². The summed E-state index contributed by atoms with van der Waals surface area (Å²) in [6.07, 6.45) is 4.90.